The normalized spacial score (nSPS) is 34.5. The van der Waals surface area contributed by atoms with E-state index in [0.717, 1.165) is 29.7 Å². The first-order valence-corrected chi connectivity index (χ1v) is 6.60. The molecule has 2 N–H and O–H groups in total. The first-order valence-electron chi connectivity index (χ1n) is 6.22. The van der Waals surface area contributed by atoms with Gasteiger partial charge in [0.2, 0.25) is 0 Å². The number of fused-ring (bicyclic) bond motifs is 2. The third-order valence-corrected chi connectivity index (χ3v) is 4.79. The lowest BCUT2D eigenvalue weighted by molar-refractivity contribution is 0.296. The minimum Gasteiger partial charge on any atom is -0.453 e. The Balaban J connectivity index is 1.65. The summed E-state index contributed by atoms with van der Waals surface area (Å²) in [4.78, 5) is 0. The van der Waals surface area contributed by atoms with Gasteiger partial charge < -0.3 is 10.2 Å². The summed E-state index contributed by atoms with van der Waals surface area (Å²) in [6.45, 7) is 0. The van der Waals surface area contributed by atoms with Crippen LogP contribution in [0.25, 0.3) is 0 Å². The fourth-order valence-electron chi connectivity index (χ4n) is 3.69. The van der Waals surface area contributed by atoms with Gasteiger partial charge >= 0.3 is 0 Å². The predicted molar refractivity (Wildman–Crippen MR) is 64.2 cm³/mol. The average Bonchev–Trinajstić information content (AvgIpc) is 2.92. The van der Waals surface area contributed by atoms with Crippen molar-refractivity contribution >= 4 is 11.6 Å². The highest BCUT2D eigenvalue weighted by molar-refractivity contribution is 6.29. The van der Waals surface area contributed by atoms with Crippen molar-refractivity contribution in [1.29, 1.82) is 0 Å². The number of nitrogens with two attached hydrogens (primary N) is 1. The molecular formula is C13H18ClNO. The van der Waals surface area contributed by atoms with Crippen molar-refractivity contribution in [3.63, 3.8) is 0 Å². The Kier molecular flexibility index (Phi) is 2.72. The molecule has 0 amide bonds. The zero-order valence-corrected chi connectivity index (χ0v) is 10.1. The summed E-state index contributed by atoms with van der Waals surface area (Å²) in [6.07, 6.45) is 8.38. The molecule has 3 rings (SSSR count). The van der Waals surface area contributed by atoms with Crippen LogP contribution in [0.5, 0.6) is 0 Å². The van der Waals surface area contributed by atoms with E-state index < -0.39 is 0 Å². The zero-order valence-electron chi connectivity index (χ0n) is 9.36. The second-order valence-corrected chi connectivity index (χ2v) is 5.77. The lowest BCUT2D eigenvalue weighted by Crippen LogP contribution is -2.19. The molecule has 2 bridgehead atoms. The number of furan rings is 1. The van der Waals surface area contributed by atoms with Crippen molar-refractivity contribution in [2.75, 3.05) is 0 Å². The monoisotopic (exact) mass is 239 g/mol. The number of rotatable bonds is 3. The maximum absolute atomic E-state index is 6.21. The second kappa shape index (κ2) is 4.08. The fourth-order valence-corrected chi connectivity index (χ4v) is 3.94. The van der Waals surface area contributed by atoms with Gasteiger partial charge in [-0.15, -0.1) is 0 Å². The molecule has 1 aromatic rings. The second-order valence-electron chi connectivity index (χ2n) is 5.43. The maximum atomic E-state index is 6.21. The molecule has 88 valence electrons. The van der Waals surface area contributed by atoms with Crippen molar-refractivity contribution in [3.05, 3.63) is 23.1 Å². The van der Waals surface area contributed by atoms with E-state index in [2.05, 4.69) is 0 Å². The van der Waals surface area contributed by atoms with E-state index in [-0.39, 0.29) is 6.04 Å². The van der Waals surface area contributed by atoms with Crippen LogP contribution >= 0.6 is 11.6 Å². The van der Waals surface area contributed by atoms with E-state index in [4.69, 9.17) is 21.8 Å². The van der Waals surface area contributed by atoms with E-state index in [1.807, 2.05) is 6.07 Å². The Hall–Kier alpha value is -0.470. The average molecular weight is 240 g/mol. The minimum atomic E-state index is 0.0515. The molecule has 0 spiro atoms. The van der Waals surface area contributed by atoms with E-state index in [1.54, 1.807) is 6.26 Å². The third-order valence-electron chi connectivity index (χ3n) is 4.49. The molecule has 2 saturated carbocycles. The number of hydrogen-bond acceptors (Lipinski definition) is 2. The lowest BCUT2D eigenvalue weighted by Gasteiger charge is -2.24. The maximum Gasteiger partial charge on any atom is 0.197 e. The number of hydrogen-bond donors (Lipinski definition) is 1. The van der Waals surface area contributed by atoms with Crippen molar-refractivity contribution in [1.82, 2.24) is 0 Å². The van der Waals surface area contributed by atoms with Gasteiger partial charge in [0, 0.05) is 11.6 Å². The highest BCUT2D eigenvalue weighted by Gasteiger charge is 2.40. The van der Waals surface area contributed by atoms with Gasteiger partial charge in [-0.1, -0.05) is 6.42 Å². The zero-order chi connectivity index (χ0) is 11.1. The molecule has 2 aliphatic rings. The summed E-state index contributed by atoms with van der Waals surface area (Å²) in [5.41, 5.74) is 7.18. The summed E-state index contributed by atoms with van der Waals surface area (Å²) in [6, 6.07) is 1.95. The SMILES string of the molecule is NC(CC1CC2CCC1C2)c1ccoc1Cl. The van der Waals surface area contributed by atoms with Crippen LogP contribution in [0.15, 0.2) is 16.7 Å². The molecule has 16 heavy (non-hydrogen) atoms. The Morgan fingerprint density at radius 1 is 1.44 bits per heavy atom. The van der Waals surface area contributed by atoms with Crippen molar-refractivity contribution in [3.8, 4) is 0 Å². The molecule has 0 aliphatic heterocycles. The van der Waals surface area contributed by atoms with Gasteiger partial charge in [-0.3, -0.25) is 0 Å². The Morgan fingerprint density at radius 3 is 2.88 bits per heavy atom. The van der Waals surface area contributed by atoms with Crippen LogP contribution < -0.4 is 5.73 Å². The molecule has 4 atom stereocenters. The summed E-state index contributed by atoms with van der Waals surface area (Å²) in [5.74, 6) is 2.74. The van der Waals surface area contributed by atoms with Crippen molar-refractivity contribution in [2.45, 2.75) is 38.1 Å². The van der Waals surface area contributed by atoms with Crippen molar-refractivity contribution in [2.24, 2.45) is 23.5 Å². The molecule has 2 fully saturated rings. The molecule has 2 aliphatic carbocycles. The molecule has 0 radical (unpaired) electrons. The van der Waals surface area contributed by atoms with Gasteiger partial charge in [-0.25, -0.2) is 0 Å². The van der Waals surface area contributed by atoms with Crippen LogP contribution in [0.3, 0.4) is 0 Å². The van der Waals surface area contributed by atoms with Crippen LogP contribution in [0.4, 0.5) is 0 Å². The smallest absolute Gasteiger partial charge is 0.197 e. The van der Waals surface area contributed by atoms with Crippen LogP contribution in [-0.4, -0.2) is 0 Å². The van der Waals surface area contributed by atoms with Gasteiger partial charge in [0.25, 0.3) is 0 Å². The molecular weight excluding hydrogens is 222 g/mol. The molecule has 0 aromatic carbocycles. The molecule has 1 aromatic heterocycles. The van der Waals surface area contributed by atoms with Gasteiger partial charge in [-0.05, 0) is 61.1 Å². The molecule has 1 heterocycles. The Bertz CT molecular complexity index is 376. The van der Waals surface area contributed by atoms with Crippen molar-refractivity contribution < 1.29 is 4.42 Å². The quantitative estimate of drug-likeness (QED) is 0.872. The largest absolute Gasteiger partial charge is 0.453 e. The van der Waals surface area contributed by atoms with Crippen LogP contribution in [0.2, 0.25) is 5.22 Å². The van der Waals surface area contributed by atoms with E-state index in [0.29, 0.717) is 5.22 Å². The molecule has 4 unspecified atom stereocenters. The van der Waals surface area contributed by atoms with Gasteiger partial charge in [-0.2, -0.15) is 0 Å². The number of halogens is 1. The van der Waals surface area contributed by atoms with Crippen LogP contribution in [0, 0.1) is 17.8 Å². The lowest BCUT2D eigenvalue weighted by atomic mass is 9.83. The van der Waals surface area contributed by atoms with E-state index in [9.17, 15) is 0 Å². The van der Waals surface area contributed by atoms with E-state index in [1.165, 1.54) is 25.7 Å². The molecule has 3 heteroatoms. The fraction of sp³-hybridized carbons (Fsp3) is 0.692. The first-order chi connectivity index (χ1) is 7.74. The van der Waals surface area contributed by atoms with E-state index >= 15 is 0 Å². The summed E-state index contributed by atoms with van der Waals surface area (Å²) in [7, 11) is 0. The predicted octanol–water partition coefficient (Wildman–Crippen LogP) is 3.76. The first kappa shape index (κ1) is 10.7. The standard InChI is InChI=1S/C13H18ClNO/c14-13-11(3-4-16-13)12(15)7-10-6-8-1-2-9(10)5-8/h3-4,8-10,12H,1-2,5-7,15H2. The van der Waals surface area contributed by atoms with Gasteiger partial charge in [0.1, 0.15) is 0 Å². The summed E-state index contributed by atoms with van der Waals surface area (Å²) in [5, 5.41) is 0.468. The topological polar surface area (TPSA) is 39.2 Å². The van der Waals surface area contributed by atoms with Crippen LogP contribution in [0.1, 0.15) is 43.7 Å². The Morgan fingerprint density at radius 2 is 2.31 bits per heavy atom. The third kappa shape index (κ3) is 1.78. The van der Waals surface area contributed by atoms with Crippen LogP contribution in [-0.2, 0) is 0 Å². The van der Waals surface area contributed by atoms with Gasteiger partial charge in [0.05, 0.1) is 6.26 Å². The highest BCUT2D eigenvalue weighted by atomic mass is 35.5. The highest BCUT2D eigenvalue weighted by Crippen LogP contribution is 2.50. The van der Waals surface area contributed by atoms with Gasteiger partial charge in [0.15, 0.2) is 5.22 Å². The Labute approximate surface area is 101 Å². The minimum absolute atomic E-state index is 0.0515. The molecule has 2 nitrogen and oxygen atoms in total. The summed E-state index contributed by atoms with van der Waals surface area (Å²) >= 11 is 5.95. The molecule has 0 saturated heterocycles. The summed E-state index contributed by atoms with van der Waals surface area (Å²) < 4.78 is 5.10.